The summed E-state index contributed by atoms with van der Waals surface area (Å²) in [6.45, 7) is 0. The number of methoxy groups -OCH3 is 2. The van der Waals surface area contributed by atoms with Crippen molar-refractivity contribution in [1.82, 2.24) is 4.98 Å². The number of carbonyl (C=O) groups excluding carboxylic acids is 1. The first kappa shape index (κ1) is 26.2. The first-order valence-corrected chi connectivity index (χ1v) is 12.3. The van der Waals surface area contributed by atoms with Crippen molar-refractivity contribution in [2.45, 2.75) is 5.03 Å². The van der Waals surface area contributed by atoms with Gasteiger partial charge in [-0.3, -0.25) is 14.9 Å². The number of nitrogens with zero attached hydrogens (tertiary/aromatic N) is 3. The Balaban J connectivity index is 1.65. The number of amides is 1. The second-order valence-corrected chi connectivity index (χ2v) is 8.88. The van der Waals surface area contributed by atoms with Crippen LogP contribution in [0.2, 0.25) is 0 Å². The van der Waals surface area contributed by atoms with Crippen LogP contribution in [0.4, 0.5) is 11.4 Å². The number of nitriles is 1. The summed E-state index contributed by atoms with van der Waals surface area (Å²) in [5, 5.41) is 24.2. The molecule has 0 saturated heterocycles. The van der Waals surface area contributed by atoms with Crippen molar-refractivity contribution in [2.24, 2.45) is 0 Å². The zero-order valence-electron chi connectivity index (χ0n) is 20.5. The predicted octanol–water partition coefficient (Wildman–Crippen LogP) is 5.94. The minimum Gasteiger partial charge on any atom is -0.497 e. The third kappa shape index (κ3) is 5.91. The fraction of sp³-hybridized carbons (Fsp3) is 0.107. The molecule has 1 N–H and O–H groups in total. The Hall–Kier alpha value is -4.88. The van der Waals surface area contributed by atoms with Crippen molar-refractivity contribution in [2.75, 3.05) is 25.3 Å². The molecule has 10 heteroatoms. The maximum absolute atomic E-state index is 12.8. The Morgan fingerprint density at radius 2 is 1.76 bits per heavy atom. The van der Waals surface area contributed by atoms with E-state index in [0.29, 0.717) is 33.3 Å². The molecule has 4 rings (SSSR count). The standard InChI is InChI=1S/C28H22N4O5S/c1-36-21-11-8-18(9-12-21)22-15-25(19-6-4-3-5-7-19)31-28(23(22)16-29)38-17-27(33)30-24-13-10-20(32(34)35)14-26(24)37-2/h3-15H,17H2,1-2H3,(H,30,33). The quantitative estimate of drug-likeness (QED) is 0.161. The van der Waals surface area contributed by atoms with E-state index in [9.17, 15) is 20.2 Å². The number of anilines is 1. The zero-order valence-corrected chi connectivity index (χ0v) is 21.3. The number of thioether (sulfide) groups is 1. The second kappa shape index (κ2) is 11.9. The van der Waals surface area contributed by atoms with E-state index in [1.807, 2.05) is 60.7 Å². The van der Waals surface area contributed by atoms with Gasteiger partial charge in [0.15, 0.2) is 0 Å². The van der Waals surface area contributed by atoms with Gasteiger partial charge in [-0.15, -0.1) is 0 Å². The Bertz CT molecular complexity index is 1520. The van der Waals surface area contributed by atoms with Crippen LogP contribution in [0, 0.1) is 21.4 Å². The fourth-order valence-corrected chi connectivity index (χ4v) is 4.51. The smallest absolute Gasteiger partial charge is 0.273 e. The summed E-state index contributed by atoms with van der Waals surface area (Å²) < 4.78 is 10.5. The van der Waals surface area contributed by atoms with Crippen LogP contribution >= 0.6 is 11.8 Å². The summed E-state index contributed by atoms with van der Waals surface area (Å²) in [6, 6.07) is 25.0. The average molecular weight is 527 g/mol. The molecule has 190 valence electrons. The van der Waals surface area contributed by atoms with E-state index in [-0.39, 0.29) is 23.1 Å². The van der Waals surface area contributed by atoms with E-state index < -0.39 is 4.92 Å². The number of hydrogen-bond acceptors (Lipinski definition) is 8. The molecule has 0 radical (unpaired) electrons. The molecule has 3 aromatic carbocycles. The highest BCUT2D eigenvalue weighted by molar-refractivity contribution is 8.00. The van der Waals surface area contributed by atoms with Crippen molar-refractivity contribution in [3.8, 4) is 40.0 Å². The number of benzene rings is 3. The number of rotatable bonds is 9. The van der Waals surface area contributed by atoms with Gasteiger partial charge in [0.05, 0.1) is 47.9 Å². The summed E-state index contributed by atoms with van der Waals surface area (Å²) in [4.78, 5) is 28.0. The van der Waals surface area contributed by atoms with Gasteiger partial charge in [-0.1, -0.05) is 54.2 Å². The number of pyridine rings is 1. The number of nitro groups is 1. The zero-order chi connectivity index (χ0) is 27.1. The van der Waals surface area contributed by atoms with Crippen LogP contribution in [0.15, 0.2) is 83.9 Å². The molecule has 0 unspecified atom stereocenters. The van der Waals surface area contributed by atoms with Gasteiger partial charge >= 0.3 is 0 Å². The normalized spacial score (nSPS) is 10.3. The van der Waals surface area contributed by atoms with Crippen LogP contribution < -0.4 is 14.8 Å². The topological polar surface area (TPSA) is 127 Å². The summed E-state index contributed by atoms with van der Waals surface area (Å²) in [5.74, 6) is 0.421. The van der Waals surface area contributed by atoms with Crippen molar-refractivity contribution in [3.63, 3.8) is 0 Å². The Morgan fingerprint density at radius 1 is 1.03 bits per heavy atom. The molecule has 0 atom stereocenters. The van der Waals surface area contributed by atoms with E-state index in [1.54, 1.807) is 7.11 Å². The van der Waals surface area contributed by atoms with E-state index in [0.717, 1.165) is 22.9 Å². The van der Waals surface area contributed by atoms with Crippen molar-refractivity contribution < 1.29 is 19.2 Å². The molecule has 1 heterocycles. The molecule has 1 amide bonds. The average Bonchev–Trinajstić information content (AvgIpc) is 2.96. The minimum absolute atomic E-state index is 0.0535. The summed E-state index contributed by atoms with van der Waals surface area (Å²) in [5.41, 5.74) is 3.52. The highest BCUT2D eigenvalue weighted by Gasteiger charge is 2.18. The maximum atomic E-state index is 12.8. The van der Waals surface area contributed by atoms with Crippen LogP contribution in [0.3, 0.4) is 0 Å². The van der Waals surface area contributed by atoms with Crippen LogP contribution in [0.1, 0.15) is 5.56 Å². The van der Waals surface area contributed by atoms with Gasteiger partial charge in [0.1, 0.15) is 22.6 Å². The minimum atomic E-state index is -0.542. The van der Waals surface area contributed by atoms with E-state index in [2.05, 4.69) is 11.4 Å². The second-order valence-electron chi connectivity index (χ2n) is 7.92. The number of nitro benzene ring substituents is 1. The van der Waals surface area contributed by atoms with Crippen molar-refractivity contribution in [1.29, 1.82) is 5.26 Å². The molecule has 0 aliphatic carbocycles. The number of non-ortho nitro benzene ring substituents is 1. The number of ether oxygens (including phenoxy) is 2. The molecule has 4 aromatic rings. The predicted molar refractivity (Wildman–Crippen MR) is 145 cm³/mol. The molecule has 38 heavy (non-hydrogen) atoms. The first-order valence-electron chi connectivity index (χ1n) is 11.3. The summed E-state index contributed by atoms with van der Waals surface area (Å²) in [6.07, 6.45) is 0. The molecule has 0 fully saturated rings. The van der Waals surface area contributed by atoms with E-state index in [1.165, 1.54) is 25.3 Å². The van der Waals surface area contributed by atoms with Crippen molar-refractivity contribution >= 4 is 29.0 Å². The Morgan fingerprint density at radius 3 is 2.39 bits per heavy atom. The fourth-order valence-electron chi connectivity index (χ4n) is 3.71. The Kier molecular flexibility index (Phi) is 8.20. The van der Waals surface area contributed by atoms with Gasteiger partial charge in [-0.05, 0) is 29.8 Å². The summed E-state index contributed by atoms with van der Waals surface area (Å²) >= 11 is 1.13. The molecule has 0 spiro atoms. The first-order chi connectivity index (χ1) is 18.4. The molecule has 1 aromatic heterocycles. The SMILES string of the molecule is COc1ccc(-c2cc(-c3ccccc3)nc(SCC(=O)Nc3ccc([N+](=O)[O-])cc3OC)c2C#N)cc1. The molecule has 0 aliphatic rings. The van der Waals surface area contributed by atoms with Crippen molar-refractivity contribution in [3.05, 3.63) is 94.5 Å². The number of nitrogens with one attached hydrogen (secondary N) is 1. The third-order valence-corrected chi connectivity index (χ3v) is 6.55. The van der Waals surface area contributed by atoms with Crippen LogP contribution in [0.25, 0.3) is 22.4 Å². The van der Waals surface area contributed by atoms with E-state index >= 15 is 0 Å². The number of hydrogen-bond donors (Lipinski definition) is 1. The lowest BCUT2D eigenvalue weighted by Gasteiger charge is -2.13. The lowest BCUT2D eigenvalue weighted by molar-refractivity contribution is -0.384. The monoisotopic (exact) mass is 526 g/mol. The molecular formula is C28H22N4O5S. The van der Waals surface area contributed by atoms with Gasteiger partial charge in [0.25, 0.3) is 5.69 Å². The van der Waals surface area contributed by atoms with Crippen LogP contribution in [-0.4, -0.2) is 35.8 Å². The van der Waals surface area contributed by atoms with Gasteiger partial charge in [-0.2, -0.15) is 5.26 Å². The highest BCUT2D eigenvalue weighted by atomic mass is 32.2. The van der Waals surface area contributed by atoms with E-state index in [4.69, 9.17) is 14.5 Å². The molecule has 9 nitrogen and oxygen atoms in total. The van der Waals surface area contributed by atoms with Crippen LogP contribution in [0.5, 0.6) is 11.5 Å². The Labute approximate surface area is 223 Å². The van der Waals surface area contributed by atoms with Crippen LogP contribution in [-0.2, 0) is 4.79 Å². The molecule has 0 saturated carbocycles. The van der Waals surface area contributed by atoms with Gasteiger partial charge < -0.3 is 14.8 Å². The molecule has 0 bridgehead atoms. The lowest BCUT2D eigenvalue weighted by atomic mass is 9.99. The third-order valence-electron chi connectivity index (χ3n) is 5.58. The molecular weight excluding hydrogens is 504 g/mol. The van der Waals surface area contributed by atoms with Gasteiger partial charge in [0.2, 0.25) is 5.91 Å². The molecule has 0 aliphatic heterocycles. The number of carbonyl (C=O) groups is 1. The summed E-state index contributed by atoms with van der Waals surface area (Å²) in [7, 11) is 2.95. The largest absolute Gasteiger partial charge is 0.497 e. The highest BCUT2D eigenvalue weighted by Crippen LogP contribution is 2.35. The van der Waals surface area contributed by atoms with Gasteiger partial charge in [-0.25, -0.2) is 4.98 Å². The number of aromatic nitrogens is 1. The lowest BCUT2D eigenvalue weighted by Crippen LogP contribution is -2.15. The maximum Gasteiger partial charge on any atom is 0.273 e. The van der Waals surface area contributed by atoms with Gasteiger partial charge in [0, 0.05) is 17.2 Å².